The van der Waals surface area contributed by atoms with Gasteiger partial charge < -0.3 is 5.32 Å². The van der Waals surface area contributed by atoms with E-state index in [-0.39, 0.29) is 0 Å². The van der Waals surface area contributed by atoms with Crippen molar-refractivity contribution >= 4 is 0 Å². The first-order chi connectivity index (χ1) is 3.72. The van der Waals surface area contributed by atoms with Crippen molar-refractivity contribution < 1.29 is 0 Å². The van der Waals surface area contributed by atoms with E-state index < -0.39 is 0 Å². The van der Waals surface area contributed by atoms with Gasteiger partial charge >= 0.3 is 0 Å². The van der Waals surface area contributed by atoms with E-state index in [9.17, 15) is 0 Å². The van der Waals surface area contributed by atoms with E-state index >= 15 is 0 Å². The predicted octanol–water partition coefficient (Wildman–Crippen LogP) is 1.42. The molecule has 1 N–H and O–H groups in total. The Morgan fingerprint density at radius 1 is 1.50 bits per heavy atom. The average molecular weight is 113 g/mol. The van der Waals surface area contributed by atoms with Crippen LogP contribution in [0, 0.1) is 5.92 Å². The van der Waals surface area contributed by atoms with E-state index in [1.165, 1.54) is 0 Å². The van der Waals surface area contributed by atoms with Gasteiger partial charge in [0.2, 0.25) is 0 Å². The maximum atomic E-state index is 3.69. The van der Waals surface area contributed by atoms with Gasteiger partial charge in [-0.15, -0.1) is 6.58 Å². The van der Waals surface area contributed by atoms with Gasteiger partial charge in [0.15, 0.2) is 0 Å². The van der Waals surface area contributed by atoms with Crippen molar-refractivity contribution in [1.29, 1.82) is 0 Å². The SMILES string of the molecule is C=CC(NC)C(C)C. The molecule has 1 nitrogen and oxygen atoms in total. The molecule has 1 unspecified atom stereocenters. The molecular formula is C7H15N. The first-order valence-corrected chi connectivity index (χ1v) is 3.02. The molecule has 0 saturated heterocycles. The molecule has 0 spiro atoms. The standard InChI is InChI=1S/C7H15N/c1-5-7(8-4)6(2)3/h5-8H,1H2,2-4H3. The Balaban J connectivity index is 3.51. The van der Waals surface area contributed by atoms with Crippen molar-refractivity contribution in [2.45, 2.75) is 19.9 Å². The van der Waals surface area contributed by atoms with Crippen molar-refractivity contribution in [1.82, 2.24) is 5.32 Å². The summed E-state index contributed by atoms with van der Waals surface area (Å²) in [6, 6.07) is 0.468. The quantitative estimate of drug-likeness (QED) is 0.546. The second-order valence-electron chi connectivity index (χ2n) is 2.29. The smallest absolute Gasteiger partial charge is 0.0267 e. The Kier molecular flexibility index (Phi) is 3.53. The second kappa shape index (κ2) is 3.67. The molecule has 1 atom stereocenters. The predicted molar refractivity (Wildman–Crippen MR) is 37.9 cm³/mol. The van der Waals surface area contributed by atoms with Gasteiger partial charge in [0.1, 0.15) is 0 Å². The van der Waals surface area contributed by atoms with E-state index in [0.717, 1.165) is 0 Å². The van der Waals surface area contributed by atoms with E-state index in [1.54, 1.807) is 0 Å². The molecule has 0 aliphatic rings. The lowest BCUT2D eigenvalue weighted by atomic mass is 10.1. The number of rotatable bonds is 3. The fourth-order valence-electron chi connectivity index (χ4n) is 0.723. The molecule has 0 radical (unpaired) electrons. The molecule has 0 rings (SSSR count). The zero-order valence-corrected chi connectivity index (χ0v) is 5.94. The number of hydrogen-bond acceptors (Lipinski definition) is 1. The summed E-state index contributed by atoms with van der Waals surface area (Å²) in [5.41, 5.74) is 0. The summed E-state index contributed by atoms with van der Waals surface area (Å²) >= 11 is 0. The Bertz CT molecular complexity index is 66.8. The van der Waals surface area contributed by atoms with Crippen molar-refractivity contribution in [3.63, 3.8) is 0 Å². The minimum atomic E-state index is 0.468. The summed E-state index contributed by atoms with van der Waals surface area (Å²) in [7, 11) is 1.95. The Morgan fingerprint density at radius 2 is 2.00 bits per heavy atom. The maximum Gasteiger partial charge on any atom is 0.0267 e. The van der Waals surface area contributed by atoms with Crippen LogP contribution < -0.4 is 5.32 Å². The van der Waals surface area contributed by atoms with E-state index in [0.29, 0.717) is 12.0 Å². The van der Waals surface area contributed by atoms with Gasteiger partial charge in [-0.3, -0.25) is 0 Å². The van der Waals surface area contributed by atoms with Gasteiger partial charge in [0.25, 0.3) is 0 Å². The summed E-state index contributed by atoms with van der Waals surface area (Å²) < 4.78 is 0. The van der Waals surface area contributed by atoms with Crippen molar-refractivity contribution in [2.24, 2.45) is 5.92 Å². The summed E-state index contributed by atoms with van der Waals surface area (Å²) in [6.45, 7) is 8.03. The van der Waals surface area contributed by atoms with Crippen molar-refractivity contribution in [3.05, 3.63) is 12.7 Å². The van der Waals surface area contributed by atoms with Crippen LogP contribution in [0.5, 0.6) is 0 Å². The van der Waals surface area contributed by atoms with E-state index in [1.807, 2.05) is 13.1 Å². The zero-order chi connectivity index (χ0) is 6.57. The molecule has 0 aromatic carbocycles. The lowest BCUT2D eigenvalue weighted by Gasteiger charge is -2.14. The fraction of sp³-hybridized carbons (Fsp3) is 0.714. The summed E-state index contributed by atoms with van der Waals surface area (Å²) in [5, 5.41) is 3.13. The average Bonchev–Trinajstić information content (AvgIpc) is 1.69. The van der Waals surface area contributed by atoms with Gasteiger partial charge in [-0.25, -0.2) is 0 Å². The van der Waals surface area contributed by atoms with Crippen molar-refractivity contribution in [3.8, 4) is 0 Å². The molecule has 8 heavy (non-hydrogen) atoms. The van der Waals surface area contributed by atoms with E-state index in [2.05, 4.69) is 25.7 Å². The highest BCUT2D eigenvalue weighted by atomic mass is 14.9. The fourth-order valence-corrected chi connectivity index (χ4v) is 0.723. The van der Waals surface area contributed by atoms with Crippen LogP contribution in [0.1, 0.15) is 13.8 Å². The molecule has 0 heterocycles. The molecule has 0 fully saturated rings. The van der Waals surface area contributed by atoms with E-state index in [4.69, 9.17) is 0 Å². The topological polar surface area (TPSA) is 12.0 Å². The highest BCUT2D eigenvalue weighted by Gasteiger charge is 2.03. The first kappa shape index (κ1) is 7.70. The monoisotopic (exact) mass is 113 g/mol. The molecule has 0 aliphatic carbocycles. The summed E-state index contributed by atoms with van der Waals surface area (Å²) in [4.78, 5) is 0. The Hall–Kier alpha value is -0.300. The minimum absolute atomic E-state index is 0.468. The lowest BCUT2D eigenvalue weighted by Crippen LogP contribution is -2.27. The summed E-state index contributed by atoms with van der Waals surface area (Å²) in [6.07, 6.45) is 1.94. The third-order valence-corrected chi connectivity index (χ3v) is 1.31. The summed E-state index contributed by atoms with van der Waals surface area (Å²) in [5.74, 6) is 0.650. The Morgan fingerprint density at radius 3 is 2.00 bits per heavy atom. The minimum Gasteiger partial charge on any atom is -0.313 e. The number of hydrogen-bond donors (Lipinski definition) is 1. The first-order valence-electron chi connectivity index (χ1n) is 3.02. The van der Waals surface area contributed by atoms with Crippen LogP contribution in [0.25, 0.3) is 0 Å². The van der Waals surface area contributed by atoms with Crippen LogP contribution in [0.15, 0.2) is 12.7 Å². The highest BCUT2D eigenvalue weighted by Crippen LogP contribution is 1.99. The molecule has 48 valence electrons. The third-order valence-electron chi connectivity index (χ3n) is 1.31. The second-order valence-corrected chi connectivity index (χ2v) is 2.29. The van der Waals surface area contributed by atoms with Gasteiger partial charge in [-0.05, 0) is 13.0 Å². The van der Waals surface area contributed by atoms with Crippen LogP contribution in [0.3, 0.4) is 0 Å². The zero-order valence-electron chi connectivity index (χ0n) is 5.94. The van der Waals surface area contributed by atoms with Crippen LogP contribution >= 0.6 is 0 Å². The lowest BCUT2D eigenvalue weighted by molar-refractivity contribution is 0.500. The van der Waals surface area contributed by atoms with Gasteiger partial charge in [-0.1, -0.05) is 19.9 Å². The molecular weight excluding hydrogens is 98.1 g/mol. The highest BCUT2D eigenvalue weighted by molar-refractivity contribution is 4.86. The molecule has 0 aromatic rings. The van der Waals surface area contributed by atoms with Crippen LogP contribution in [0.2, 0.25) is 0 Å². The molecule has 1 heteroatoms. The number of nitrogens with one attached hydrogen (secondary N) is 1. The van der Waals surface area contributed by atoms with Crippen LogP contribution in [-0.4, -0.2) is 13.1 Å². The van der Waals surface area contributed by atoms with Crippen LogP contribution in [0.4, 0.5) is 0 Å². The van der Waals surface area contributed by atoms with Gasteiger partial charge in [0, 0.05) is 6.04 Å². The molecule has 0 aliphatic heterocycles. The molecule has 0 aromatic heterocycles. The number of likely N-dealkylation sites (N-methyl/N-ethyl adjacent to an activating group) is 1. The van der Waals surface area contributed by atoms with Gasteiger partial charge in [0.05, 0.1) is 0 Å². The third kappa shape index (κ3) is 2.12. The maximum absolute atomic E-state index is 3.69. The molecule has 0 bridgehead atoms. The van der Waals surface area contributed by atoms with Gasteiger partial charge in [-0.2, -0.15) is 0 Å². The Labute approximate surface area is 51.8 Å². The normalized spacial score (nSPS) is 14.0. The molecule has 0 saturated carbocycles. The van der Waals surface area contributed by atoms with Crippen molar-refractivity contribution in [2.75, 3.05) is 7.05 Å². The van der Waals surface area contributed by atoms with Crippen LogP contribution in [-0.2, 0) is 0 Å². The largest absolute Gasteiger partial charge is 0.313 e. The molecule has 0 amide bonds.